The summed E-state index contributed by atoms with van der Waals surface area (Å²) in [5.41, 5.74) is 0. The van der Waals surface area contributed by atoms with E-state index in [1.807, 2.05) is 0 Å². The molecule has 1 aliphatic rings. The summed E-state index contributed by atoms with van der Waals surface area (Å²) in [7, 11) is 0. The van der Waals surface area contributed by atoms with E-state index < -0.39 is 0 Å². The number of hydrogen-bond donors (Lipinski definition) is 0. The molecule has 0 N–H and O–H groups in total. The summed E-state index contributed by atoms with van der Waals surface area (Å²) in [4.78, 5) is 0. The molecule has 0 nitrogen and oxygen atoms in total. The maximum absolute atomic E-state index is 3.56. The average molecular weight is 81.1 g/mol. The van der Waals surface area contributed by atoms with Gasteiger partial charge >= 0.3 is 0 Å². The summed E-state index contributed by atoms with van der Waals surface area (Å²) in [6.07, 6.45) is 7.02. The molecule has 0 aromatic heterocycles. The Morgan fingerprint density at radius 1 is 1.50 bits per heavy atom. The molecule has 0 aromatic rings. The Labute approximate surface area is 38.9 Å². The summed E-state index contributed by atoms with van der Waals surface area (Å²) in [5, 5.41) is 0. The zero-order valence-corrected chi connectivity index (χ0v) is 3.91. The third-order valence-corrected chi connectivity index (χ3v) is 1.39. The fourth-order valence-electron chi connectivity index (χ4n) is 0.612. The minimum atomic E-state index is 0.755. The minimum Gasteiger partial charge on any atom is -0.0953 e. The lowest BCUT2D eigenvalue weighted by atomic mass is 9.86. The van der Waals surface area contributed by atoms with Gasteiger partial charge in [-0.1, -0.05) is 13.0 Å². The van der Waals surface area contributed by atoms with Gasteiger partial charge in [0.15, 0.2) is 0 Å². The molecule has 1 saturated carbocycles. The van der Waals surface area contributed by atoms with Crippen LogP contribution in [0.3, 0.4) is 0 Å². The number of hydrogen-bond acceptors (Lipinski definition) is 0. The van der Waals surface area contributed by atoms with Crippen molar-refractivity contribution in [2.45, 2.75) is 19.3 Å². The van der Waals surface area contributed by atoms with Crippen LogP contribution >= 0.6 is 0 Å². The molecule has 0 spiro atoms. The lowest BCUT2D eigenvalue weighted by molar-refractivity contribution is 0.378. The minimum absolute atomic E-state index is 0.755. The molecular weight excluding hydrogens is 72.1 g/mol. The van der Waals surface area contributed by atoms with Crippen LogP contribution in [0.15, 0.2) is 6.58 Å². The van der Waals surface area contributed by atoms with Gasteiger partial charge in [0, 0.05) is 0 Å². The average Bonchev–Trinajstić information content (AvgIpc) is 1.31. The van der Waals surface area contributed by atoms with Crippen LogP contribution in [0.2, 0.25) is 0 Å². The third-order valence-electron chi connectivity index (χ3n) is 1.39. The molecule has 1 rings (SSSR count). The van der Waals surface area contributed by atoms with E-state index in [0.717, 1.165) is 5.92 Å². The number of rotatable bonds is 1. The Morgan fingerprint density at radius 3 is 2.17 bits per heavy atom. The first-order chi connectivity index (χ1) is 2.93. The molecular formula is C6H9. The topological polar surface area (TPSA) is 0 Å². The standard InChI is InChI=1S/C6H9/c1-2-6-4-3-5-6/h6H,1,3-5H2. The van der Waals surface area contributed by atoms with Crippen LogP contribution < -0.4 is 0 Å². The fraction of sp³-hybridized carbons (Fsp3) is 0.667. The van der Waals surface area contributed by atoms with Crippen LogP contribution in [0.25, 0.3) is 0 Å². The summed E-state index contributed by atoms with van der Waals surface area (Å²) in [6.45, 7) is 3.56. The van der Waals surface area contributed by atoms with Crippen LogP contribution in [0, 0.1) is 12.0 Å². The van der Waals surface area contributed by atoms with Crippen molar-refractivity contribution in [1.82, 2.24) is 0 Å². The third kappa shape index (κ3) is 0.469. The van der Waals surface area contributed by atoms with Gasteiger partial charge in [-0.2, -0.15) is 0 Å². The predicted octanol–water partition coefficient (Wildman–Crippen LogP) is 1.78. The van der Waals surface area contributed by atoms with E-state index >= 15 is 0 Å². The van der Waals surface area contributed by atoms with Crippen molar-refractivity contribution >= 4 is 0 Å². The Hall–Kier alpha value is -0.260. The summed E-state index contributed by atoms with van der Waals surface area (Å²) in [5.74, 6) is 0.755. The zero-order chi connectivity index (χ0) is 4.41. The van der Waals surface area contributed by atoms with Crippen molar-refractivity contribution in [3.05, 3.63) is 12.7 Å². The van der Waals surface area contributed by atoms with E-state index in [4.69, 9.17) is 0 Å². The summed E-state index contributed by atoms with van der Waals surface area (Å²) in [6, 6.07) is 0. The molecule has 0 heteroatoms. The monoisotopic (exact) mass is 81.1 g/mol. The Kier molecular flexibility index (Phi) is 0.952. The summed E-state index contributed by atoms with van der Waals surface area (Å²) >= 11 is 0. The molecule has 33 valence electrons. The van der Waals surface area contributed by atoms with Gasteiger partial charge in [0.05, 0.1) is 0 Å². The van der Waals surface area contributed by atoms with E-state index in [1.54, 1.807) is 0 Å². The largest absolute Gasteiger partial charge is 0.0953 e. The van der Waals surface area contributed by atoms with Gasteiger partial charge in [-0.15, -0.1) is 0 Å². The van der Waals surface area contributed by atoms with E-state index in [9.17, 15) is 0 Å². The van der Waals surface area contributed by atoms with Crippen molar-refractivity contribution in [3.8, 4) is 0 Å². The van der Waals surface area contributed by atoms with Crippen molar-refractivity contribution in [2.75, 3.05) is 0 Å². The van der Waals surface area contributed by atoms with E-state index in [1.165, 1.54) is 19.3 Å². The summed E-state index contributed by atoms with van der Waals surface area (Å²) < 4.78 is 0. The normalized spacial score (nSPS) is 22.7. The molecule has 0 bridgehead atoms. The molecule has 0 unspecified atom stereocenters. The van der Waals surface area contributed by atoms with Crippen molar-refractivity contribution in [2.24, 2.45) is 5.92 Å². The fourth-order valence-corrected chi connectivity index (χ4v) is 0.612. The second kappa shape index (κ2) is 1.46. The van der Waals surface area contributed by atoms with Gasteiger partial charge in [-0.3, -0.25) is 0 Å². The molecule has 6 heavy (non-hydrogen) atoms. The molecule has 0 amide bonds. The second-order valence-corrected chi connectivity index (χ2v) is 1.83. The van der Waals surface area contributed by atoms with Crippen LogP contribution in [-0.4, -0.2) is 0 Å². The first-order valence-electron chi connectivity index (χ1n) is 2.46. The lowest BCUT2D eigenvalue weighted by Gasteiger charge is -2.19. The van der Waals surface area contributed by atoms with Gasteiger partial charge < -0.3 is 0 Å². The van der Waals surface area contributed by atoms with Gasteiger partial charge in [-0.05, 0) is 24.8 Å². The van der Waals surface area contributed by atoms with Crippen LogP contribution in [0.5, 0.6) is 0 Å². The first kappa shape index (κ1) is 3.91. The second-order valence-electron chi connectivity index (χ2n) is 1.83. The van der Waals surface area contributed by atoms with E-state index in [-0.39, 0.29) is 0 Å². The molecule has 0 heterocycles. The maximum atomic E-state index is 3.56. The highest BCUT2D eigenvalue weighted by atomic mass is 14.2. The van der Waals surface area contributed by atoms with Crippen LogP contribution in [-0.2, 0) is 0 Å². The van der Waals surface area contributed by atoms with Gasteiger partial charge in [0.1, 0.15) is 0 Å². The van der Waals surface area contributed by atoms with E-state index in [2.05, 4.69) is 12.7 Å². The predicted molar refractivity (Wildman–Crippen MR) is 26.2 cm³/mol. The highest BCUT2D eigenvalue weighted by Crippen LogP contribution is 2.25. The SMILES string of the molecule is C=[C]C1CCC1. The molecule has 0 aliphatic heterocycles. The van der Waals surface area contributed by atoms with Crippen molar-refractivity contribution in [3.63, 3.8) is 0 Å². The highest BCUT2D eigenvalue weighted by Gasteiger charge is 2.12. The molecule has 0 saturated heterocycles. The van der Waals surface area contributed by atoms with Crippen LogP contribution in [0.4, 0.5) is 0 Å². The molecule has 1 radical (unpaired) electrons. The van der Waals surface area contributed by atoms with Gasteiger partial charge in [0.2, 0.25) is 0 Å². The van der Waals surface area contributed by atoms with Crippen molar-refractivity contribution in [1.29, 1.82) is 0 Å². The van der Waals surface area contributed by atoms with Crippen molar-refractivity contribution < 1.29 is 0 Å². The molecule has 1 aliphatic carbocycles. The Bertz CT molecular complexity index is 51.1. The molecule has 0 aromatic carbocycles. The number of allylic oxidation sites excluding steroid dienone is 1. The first-order valence-corrected chi connectivity index (χ1v) is 2.46. The lowest BCUT2D eigenvalue weighted by Crippen LogP contribution is -2.06. The smallest absolute Gasteiger partial charge is 0.0165 e. The van der Waals surface area contributed by atoms with Gasteiger partial charge in [-0.25, -0.2) is 0 Å². The van der Waals surface area contributed by atoms with Crippen LogP contribution in [0.1, 0.15) is 19.3 Å². The Morgan fingerprint density at radius 2 is 2.17 bits per heavy atom. The quantitative estimate of drug-likeness (QED) is 0.451. The van der Waals surface area contributed by atoms with E-state index in [0.29, 0.717) is 0 Å². The molecule has 1 fully saturated rings. The Balaban J connectivity index is 2.16. The highest BCUT2D eigenvalue weighted by molar-refractivity contribution is 4.77. The molecule has 0 atom stereocenters. The maximum Gasteiger partial charge on any atom is -0.0165 e. The van der Waals surface area contributed by atoms with Gasteiger partial charge in [0.25, 0.3) is 0 Å². The zero-order valence-electron chi connectivity index (χ0n) is 3.91.